The van der Waals surface area contributed by atoms with Crippen molar-refractivity contribution in [1.82, 2.24) is 19.6 Å². The van der Waals surface area contributed by atoms with Gasteiger partial charge in [-0.1, -0.05) is 29.9 Å². The Morgan fingerprint density at radius 3 is 2.89 bits per heavy atom. The van der Waals surface area contributed by atoms with Gasteiger partial charge in [-0.15, -0.1) is 5.10 Å². The molecule has 0 spiro atoms. The van der Waals surface area contributed by atoms with Crippen LogP contribution in [0.15, 0.2) is 12.4 Å². The lowest BCUT2D eigenvalue weighted by molar-refractivity contribution is 0.102. The van der Waals surface area contributed by atoms with Gasteiger partial charge in [0.2, 0.25) is 0 Å². The van der Waals surface area contributed by atoms with Crippen molar-refractivity contribution in [2.24, 2.45) is 0 Å². The van der Waals surface area contributed by atoms with E-state index in [2.05, 4.69) is 24.9 Å². The molecule has 2 aromatic rings. The molecule has 6 nitrogen and oxygen atoms in total. The summed E-state index contributed by atoms with van der Waals surface area (Å²) in [6, 6.07) is 0. The minimum Gasteiger partial charge on any atom is -0.304 e. The molecule has 2 rings (SSSR count). The van der Waals surface area contributed by atoms with E-state index in [0.717, 1.165) is 11.5 Å². The molecule has 0 unspecified atom stereocenters. The Morgan fingerprint density at radius 2 is 2.22 bits per heavy atom. The zero-order valence-electron chi connectivity index (χ0n) is 9.72. The van der Waals surface area contributed by atoms with E-state index >= 15 is 0 Å². The molecule has 0 saturated heterocycles. The average Bonchev–Trinajstić information content (AvgIpc) is 2.77. The molecule has 1 amide bonds. The summed E-state index contributed by atoms with van der Waals surface area (Å²) in [5.41, 5.74) is 0.674. The molecule has 0 aliphatic heterocycles. The van der Waals surface area contributed by atoms with Crippen molar-refractivity contribution < 1.29 is 4.79 Å². The second-order valence-electron chi connectivity index (χ2n) is 3.82. The minimum atomic E-state index is -0.301. The van der Waals surface area contributed by atoms with Crippen LogP contribution in [0.4, 0.5) is 5.82 Å². The van der Waals surface area contributed by atoms with E-state index in [1.54, 1.807) is 0 Å². The summed E-state index contributed by atoms with van der Waals surface area (Å²) in [5.74, 6) is 0.135. The van der Waals surface area contributed by atoms with Crippen LogP contribution in [0.1, 0.15) is 35.1 Å². The first-order chi connectivity index (χ1) is 8.58. The quantitative estimate of drug-likeness (QED) is 0.935. The molecule has 0 aromatic carbocycles. The highest BCUT2D eigenvalue weighted by Crippen LogP contribution is 2.20. The predicted molar refractivity (Wildman–Crippen MR) is 69.0 cm³/mol. The van der Waals surface area contributed by atoms with Crippen LogP contribution >= 0.6 is 23.1 Å². The second kappa shape index (κ2) is 5.36. The number of nitrogens with one attached hydrogen (secondary N) is 1. The lowest BCUT2D eigenvalue weighted by Crippen LogP contribution is -2.14. The number of nitrogens with zero attached hydrogens (tertiary/aromatic N) is 4. The number of halogens is 1. The van der Waals surface area contributed by atoms with Gasteiger partial charge in [0.05, 0.1) is 18.1 Å². The van der Waals surface area contributed by atoms with Gasteiger partial charge in [0.15, 0.2) is 5.82 Å². The molecule has 2 aromatic heterocycles. The van der Waals surface area contributed by atoms with E-state index in [9.17, 15) is 4.79 Å². The molecule has 0 aliphatic rings. The standard InChI is InChI=1S/C10H10ClN5OS/c1-5(2)8-9(18-16-15-8)10(17)14-7-4-12-3-6(11)13-7/h3-5H,1-2H3,(H,13,14,17). The molecule has 0 fully saturated rings. The lowest BCUT2D eigenvalue weighted by Gasteiger charge is -2.05. The fourth-order valence-corrected chi connectivity index (χ4v) is 2.17. The summed E-state index contributed by atoms with van der Waals surface area (Å²) < 4.78 is 3.79. The summed E-state index contributed by atoms with van der Waals surface area (Å²) in [5, 5.41) is 6.78. The van der Waals surface area contributed by atoms with E-state index < -0.39 is 0 Å². The third kappa shape index (κ3) is 2.80. The van der Waals surface area contributed by atoms with Gasteiger partial charge in [-0.3, -0.25) is 9.78 Å². The monoisotopic (exact) mass is 283 g/mol. The minimum absolute atomic E-state index is 0.134. The Bertz CT molecular complexity index is 571. The largest absolute Gasteiger partial charge is 0.304 e. The highest BCUT2D eigenvalue weighted by atomic mass is 35.5. The number of hydrogen-bond acceptors (Lipinski definition) is 6. The van der Waals surface area contributed by atoms with E-state index in [4.69, 9.17) is 11.6 Å². The molecule has 94 valence electrons. The molecule has 2 heterocycles. The molecule has 1 N–H and O–H groups in total. The van der Waals surface area contributed by atoms with Crippen LogP contribution in [0.25, 0.3) is 0 Å². The van der Waals surface area contributed by atoms with E-state index in [1.165, 1.54) is 12.4 Å². The maximum atomic E-state index is 12.0. The molecule has 0 bridgehead atoms. The second-order valence-corrected chi connectivity index (χ2v) is 4.96. The molecular formula is C10H10ClN5OS. The molecule has 0 saturated carbocycles. The van der Waals surface area contributed by atoms with Gasteiger partial charge in [0.1, 0.15) is 10.0 Å². The smallest absolute Gasteiger partial charge is 0.270 e. The van der Waals surface area contributed by atoms with Crippen LogP contribution in [-0.4, -0.2) is 25.5 Å². The summed E-state index contributed by atoms with van der Waals surface area (Å²) in [7, 11) is 0. The van der Waals surface area contributed by atoms with Crippen molar-refractivity contribution in [3.8, 4) is 0 Å². The van der Waals surface area contributed by atoms with E-state index in [0.29, 0.717) is 16.4 Å². The number of hydrogen-bond donors (Lipinski definition) is 1. The van der Waals surface area contributed by atoms with Gasteiger partial charge >= 0.3 is 0 Å². The zero-order valence-corrected chi connectivity index (χ0v) is 11.3. The third-order valence-corrected chi connectivity index (χ3v) is 3.04. The fourth-order valence-electron chi connectivity index (χ4n) is 1.31. The third-order valence-electron chi connectivity index (χ3n) is 2.11. The number of aromatic nitrogens is 4. The van der Waals surface area contributed by atoms with Crippen LogP contribution in [-0.2, 0) is 0 Å². The van der Waals surface area contributed by atoms with Crippen LogP contribution < -0.4 is 5.32 Å². The molecule has 0 aliphatic carbocycles. The molecule has 18 heavy (non-hydrogen) atoms. The number of anilines is 1. The normalized spacial score (nSPS) is 10.7. The highest BCUT2D eigenvalue weighted by molar-refractivity contribution is 7.08. The Hall–Kier alpha value is -1.60. The van der Waals surface area contributed by atoms with Crippen molar-refractivity contribution in [3.63, 3.8) is 0 Å². The van der Waals surface area contributed by atoms with Crippen molar-refractivity contribution in [1.29, 1.82) is 0 Å². The first-order valence-electron chi connectivity index (χ1n) is 5.19. The maximum absolute atomic E-state index is 12.0. The van der Waals surface area contributed by atoms with Crippen LogP contribution in [0.3, 0.4) is 0 Å². The Labute approximate surface area is 113 Å². The van der Waals surface area contributed by atoms with Crippen LogP contribution in [0.5, 0.6) is 0 Å². The summed E-state index contributed by atoms with van der Waals surface area (Å²) >= 11 is 6.74. The van der Waals surface area contributed by atoms with Gasteiger partial charge in [-0.2, -0.15) is 0 Å². The first-order valence-corrected chi connectivity index (χ1v) is 6.34. The van der Waals surface area contributed by atoms with Gasteiger partial charge in [-0.05, 0) is 17.5 Å². The molecule has 0 radical (unpaired) electrons. The molecule has 0 atom stereocenters. The number of amides is 1. The first kappa shape index (κ1) is 12.8. The number of carbonyl (C=O) groups is 1. The van der Waals surface area contributed by atoms with Gasteiger partial charge in [-0.25, -0.2) is 4.98 Å². The van der Waals surface area contributed by atoms with Crippen molar-refractivity contribution in [2.45, 2.75) is 19.8 Å². The molecule has 8 heteroatoms. The van der Waals surface area contributed by atoms with Gasteiger partial charge in [0, 0.05) is 0 Å². The fraction of sp³-hybridized carbons (Fsp3) is 0.300. The van der Waals surface area contributed by atoms with E-state index in [-0.39, 0.29) is 17.0 Å². The van der Waals surface area contributed by atoms with Gasteiger partial charge < -0.3 is 5.32 Å². The van der Waals surface area contributed by atoms with Gasteiger partial charge in [0.25, 0.3) is 5.91 Å². The maximum Gasteiger partial charge on any atom is 0.270 e. The Kier molecular flexibility index (Phi) is 3.83. The van der Waals surface area contributed by atoms with E-state index in [1.807, 2.05) is 13.8 Å². The summed E-state index contributed by atoms with van der Waals surface area (Å²) in [4.78, 5) is 20.3. The SMILES string of the molecule is CC(C)c1nnsc1C(=O)Nc1cncc(Cl)n1. The van der Waals surface area contributed by atoms with Crippen molar-refractivity contribution in [3.05, 3.63) is 28.1 Å². The predicted octanol–water partition coefficient (Wildman–Crippen LogP) is 2.36. The van der Waals surface area contributed by atoms with Crippen LogP contribution in [0.2, 0.25) is 5.15 Å². The summed E-state index contributed by atoms with van der Waals surface area (Å²) in [6.07, 6.45) is 2.82. The Balaban J connectivity index is 2.20. The zero-order chi connectivity index (χ0) is 13.1. The van der Waals surface area contributed by atoms with Crippen molar-refractivity contribution >= 4 is 34.9 Å². The number of rotatable bonds is 3. The Morgan fingerprint density at radius 1 is 1.44 bits per heavy atom. The average molecular weight is 284 g/mol. The topological polar surface area (TPSA) is 80.7 Å². The van der Waals surface area contributed by atoms with Crippen LogP contribution in [0, 0.1) is 0 Å². The summed E-state index contributed by atoms with van der Waals surface area (Å²) in [6.45, 7) is 3.90. The highest BCUT2D eigenvalue weighted by Gasteiger charge is 2.19. The van der Waals surface area contributed by atoms with Crippen molar-refractivity contribution in [2.75, 3.05) is 5.32 Å². The lowest BCUT2D eigenvalue weighted by atomic mass is 10.1. The number of carbonyl (C=O) groups excluding carboxylic acids is 1. The molecular weight excluding hydrogens is 274 g/mol.